The molecule has 3 aromatic carbocycles. The summed E-state index contributed by atoms with van der Waals surface area (Å²) in [5.41, 5.74) is 8.04. The predicted octanol–water partition coefficient (Wildman–Crippen LogP) is 3.85. The molecule has 5 rings (SSSR count). The molecule has 3 aromatic rings. The molecule has 2 heterocycles. The van der Waals surface area contributed by atoms with Gasteiger partial charge in [0.05, 0.1) is 19.9 Å². The number of thioether (sulfide) groups is 1. The van der Waals surface area contributed by atoms with Gasteiger partial charge < -0.3 is 40.8 Å². The first kappa shape index (κ1) is 28.4. The van der Waals surface area contributed by atoms with Crippen LogP contribution < -0.4 is 35.9 Å². The molecule has 0 spiro atoms. The lowest BCUT2D eigenvalue weighted by molar-refractivity contribution is -0.128. The van der Waals surface area contributed by atoms with Gasteiger partial charge >= 0.3 is 0 Å². The molecule has 0 bridgehead atoms. The lowest BCUT2D eigenvalue weighted by atomic mass is 10.1. The van der Waals surface area contributed by atoms with Crippen LogP contribution in [0.2, 0.25) is 0 Å². The van der Waals surface area contributed by atoms with Crippen molar-refractivity contribution < 1.29 is 23.8 Å². The number of benzene rings is 3. The fraction of sp³-hybridized carbons (Fsp3) is 0.333. The van der Waals surface area contributed by atoms with Crippen LogP contribution in [0.3, 0.4) is 0 Å². The molecule has 2 aliphatic rings. The van der Waals surface area contributed by atoms with E-state index in [0.29, 0.717) is 40.6 Å². The summed E-state index contributed by atoms with van der Waals surface area (Å²) in [7, 11) is 3.16. The molecule has 1 saturated heterocycles. The van der Waals surface area contributed by atoms with Crippen LogP contribution in [0.4, 0.5) is 11.4 Å². The van der Waals surface area contributed by atoms with Gasteiger partial charge in [-0.3, -0.25) is 9.59 Å². The Bertz CT molecular complexity index is 1330. The van der Waals surface area contributed by atoms with Crippen LogP contribution in [0.1, 0.15) is 34.9 Å². The molecule has 0 aliphatic carbocycles. The first-order valence-electron chi connectivity index (χ1n) is 13.6. The van der Waals surface area contributed by atoms with Gasteiger partial charge in [-0.15, -0.1) is 0 Å². The van der Waals surface area contributed by atoms with E-state index in [9.17, 15) is 9.59 Å². The number of nitrogens with zero attached hydrogens (tertiary/aromatic N) is 1. The predicted molar refractivity (Wildman–Crippen MR) is 160 cm³/mol. The molecule has 2 unspecified atom stereocenters. The number of carbonyl (C=O) groups excluding carboxylic acids is 2. The van der Waals surface area contributed by atoms with Crippen LogP contribution >= 0.6 is 11.8 Å². The second-order valence-electron chi connectivity index (χ2n) is 9.85. The first-order chi connectivity index (χ1) is 19.9. The quantitative estimate of drug-likeness (QED) is 0.251. The lowest BCUT2D eigenvalue weighted by Crippen LogP contribution is -2.40. The summed E-state index contributed by atoms with van der Waals surface area (Å²) in [6, 6.07) is 17.5. The molecule has 1 fully saturated rings. The van der Waals surface area contributed by atoms with Crippen LogP contribution in [-0.4, -0.2) is 62.6 Å². The van der Waals surface area contributed by atoms with Gasteiger partial charge in [0.25, 0.3) is 11.8 Å². The van der Waals surface area contributed by atoms with Gasteiger partial charge in [0.2, 0.25) is 6.10 Å². The number of hydrogen-bond acceptors (Lipinski definition) is 9. The molecule has 0 radical (unpaired) electrons. The zero-order chi connectivity index (χ0) is 28.8. The molecule has 2 amide bonds. The van der Waals surface area contributed by atoms with Crippen LogP contribution in [0.15, 0.2) is 65.6 Å². The van der Waals surface area contributed by atoms with Crippen LogP contribution in [0.25, 0.3) is 0 Å². The highest BCUT2D eigenvalue weighted by molar-refractivity contribution is 8.00. The Morgan fingerprint density at radius 3 is 2.39 bits per heavy atom. The number of likely N-dealkylation sites (tertiary alicyclic amines) is 1. The molecule has 216 valence electrons. The molecule has 10 nitrogen and oxygen atoms in total. The number of nitrogen functional groups attached to an aromatic ring is 1. The van der Waals surface area contributed by atoms with Crippen molar-refractivity contribution in [1.29, 1.82) is 0 Å². The van der Waals surface area contributed by atoms with E-state index < -0.39 is 11.6 Å². The summed E-state index contributed by atoms with van der Waals surface area (Å²) >= 11 is 1.45. The number of ether oxygens (including phenoxy) is 3. The molecule has 0 saturated carbocycles. The summed E-state index contributed by atoms with van der Waals surface area (Å²) < 4.78 is 17.0. The van der Waals surface area contributed by atoms with E-state index in [2.05, 4.69) is 20.9 Å². The fourth-order valence-electron chi connectivity index (χ4n) is 4.84. The molecule has 2 atom stereocenters. The van der Waals surface area contributed by atoms with Crippen molar-refractivity contribution in [2.45, 2.75) is 29.3 Å². The largest absolute Gasteiger partial charge is 0.493 e. The number of rotatable bonds is 11. The number of methoxy groups -OCH3 is 2. The normalized spacial score (nSPS) is 16.8. The zero-order valence-electron chi connectivity index (χ0n) is 23.1. The maximum Gasteiger partial charge on any atom is 0.268 e. The van der Waals surface area contributed by atoms with Crippen LogP contribution in [0.5, 0.6) is 17.2 Å². The number of amides is 2. The molecule has 0 aromatic heterocycles. The first-order valence-corrected chi connectivity index (χ1v) is 14.4. The Morgan fingerprint density at radius 1 is 1.02 bits per heavy atom. The maximum atomic E-state index is 13.6. The lowest BCUT2D eigenvalue weighted by Gasteiger charge is -2.22. The third-order valence-electron chi connectivity index (χ3n) is 7.05. The number of nitrogens with one attached hydrogen (secondary N) is 3. The Labute approximate surface area is 243 Å². The fourth-order valence-corrected chi connectivity index (χ4v) is 5.87. The standard InChI is InChI=1S/C30H35N5O5S/c1-38-24-17-23-26(18-25(24)39-2)41-30(33-23)34-29(37)27(19-5-9-21(31)10-6-19)40-22-11-7-20(8-12-22)28(36)32-13-16-35-14-3-4-15-35/h5-12,17-18,27,30,33H,3-4,13-16,31H2,1-2H3,(H,32,36)(H,34,37). The summed E-state index contributed by atoms with van der Waals surface area (Å²) in [4.78, 5) is 29.4. The summed E-state index contributed by atoms with van der Waals surface area (Å²) in [5.74, 6) is 1.19. The number of nitrogens with two attached hydrogens (primary N) is 1. The van der Waals surface area contributed by atoms with Crippen molar-refractivity contribution in [1.82, 2.24) is 15.5 Å². The minimum Gasteiger partial charge on any atom is -0.493 e. The number of anilines is 2. The van der Waals surface area contributed by atoms with E-state index in [0.717, 1.165) is 30.2 Å². The van der Waals surface area contributed by atoms with Gasteiger partial charge in [0.1, 0.15) is 5.75 Å². The minimum atomic E-state index is -0.953. The summed E-state index contributed by atoms with van der Waals surface area (Å²) in [5, 5.41) is 9.29. The average molecular weight is 578 g/mol. The van der Waals surface area contributed by atoms with Gasteiger partial charge in [-0.1, -0.05) is 23.9 Å². The van der Waals surface area contributed by atoms with Gasteiger partial charge in [-0.05, 0) is 68.4 Å². The smallest absolute Gasteiger partial charge is 0.268 e. The Hall–Kier alpha value is -4.09. The topological polar surface area (TPSA) is 127 Å². The van der Waals surface area contributed by atoms with Gasteiger partial charge in [0, 0.05) is 40.9 Å². The van der Waals surface area contributed by atoms with E-state index in [4.69, 9.17) is 19.9 Å². The van der Waals surface area contributed by atoms with Crippen molar-refractivity contribution in [3.05, 3.63) is 71.8 Å². The second kappa shape index (κ2) is 13.0. The van der Waals surface area contributed by atoms with Gasteiger partial charge in [-0.25, -0.2) is 0 Å². The molecule has 41 heavy (non-hydrogen) atoms. The summed E-state index contributed by atoms with van der Waals surface area (Å²) in [6.45, 7) is 3.64. The van der Waals surface area contributed by atoms with Crippen LogP contribution in [0, 0.1) is 0 Å². The molecule has 11 heteroatoms. The number of carbonyl (C=O) groups is 2. The van der Waals surface area contributed by atoms with Crippen LogP contribution in [-0.2, 0) is 4.79 Å². The van der Waals surface area contributed by atoms with E-state index in [1.165, 1.54) is 24.6 Å². The highest BCUT2D eigenvalue weighted by atomic mass is 32.2. The van der Waals surface area contributed by atoms with Crippen molar-refractivity contribution >= 4 is 35.0 Å². The molecular formula is C30H35N5O5S. The third kappa shape index (κ3) is 6.98. The number of fused-ring (bicyclic) bond motifs is 1. The Morgan fingerprint density at radius 2 is 1.71 bits per heavy atom. The van der Waals surface area contributed by atoms with Gasteiger partial charge in [-0.2, -0.15) is 0 Å². The monoisotopic (exact) mass is 577 g/mol. The van der Waals surface area contributed by atoms with Crippen molar-refractivity contribution in [3.63, 3.8) is 0 Å². The van der Waals surface area contributed by atoms with Crippen molar-refractivity contribution in [3.8, 4) is 17.2 Å². The highest BCUT2D eigenvalue weighted by Crippen LogP contribution is 2.44. The SMILES string of the molecule is COc1cc2c(cc1OC)SC(NC(=O)C(Oc1ccc(C(=O)NCCN3CCCC3)cc1)c1ccc(N)cc1)N2. The van der Waals surface area contributed by atoms with E-state index in [1.54, 1.807) is 62.8 Å². The Kier molecular flexibility index (Phi) is 9.05. The van der Waals surface area contributed by atoms with Crippen molar-refractivity contribution in [2.24, 2.45) is 0 Å². The molecule has 2 aliphatic heterocycles. The molecule has 5 N–H and O–H groups in total. The third-order valence-corrected chi connectivity index (χ3v) is 8.11. The van der Waals surface area contributed by atoms with Gasteiger partial charge in [0.15, 0.2) is 17.0 Å². The summed E-state index contributed by atoms with van der Waals surface area (Å²) in [6.07, 6.45) is 1.49. The van der Waals surface area contributed by atoms with E-state index >= 15 is 0 Å². The molecular weight excluding hydrogens is 542 g/mol. The van der Waals surface area contributed by atoms with E-state index in [1.807, 2.05) is 12.1 Å². The maximum absolute atomic E-state index is 13.6. The highest BCUT2D eigenvalue weighted by Gasteiger charge is 2.30. The number of hydrogen-bond donors (Lipinski definition) is 4. The zero-order valence-corrected chi connectivity index (χ0v) is 24.0. The van der Waals surface area contributed by atoms with Crippen molar-refractivity contribution in [2.75, 3.05) is 51.4 Å². The minimum absolute atomic E-state index is 0.138. The van der Waals surface area contributed by atoms with E-state index in [-0.39, 0.29) is 11.8 Å². The Balaban J connectivity index is 1.24. The average Bonchev–Trinajstić information content (AvgIpc) is 3.65. The second-order valence-corrected chi connectivity index (χ2v) is 11.0.